The zero-order valence-electron chi connectivity index (χ0n) is 16.2. The van der Waals surface area contributed by atoms with E-state index >= 15 is 0 Å². The maximum absolute atomic E-state index is 6.63. The van der Waals surface area contributed by atoms with Gasteiger partial charge in [0.05, 0.1) is 11.0 Å². The zero-order valence-corrected chi connectivity index (χ0v) is 16.2. The van der Waals surface area contributed by atoms with E-state index in [1.807, 2.05) is 0 Å². The molecule has 0 aliphatic carbocycles. The third kappa shape index (κ3) is 1.98. The van der Waals surface area contributed by atoms with E-state index in [-0.39, 0.29) is 0 Å². The van der Waals surface area contributed by atoms with Crippen molar-refractivity contribution in [1.29, 1.82) is 0 Å². The van der Waals surface area contributed by atoms with Crippen LogP contribution in [0, 0.1) is 0 Å². The summed E-state index contributed by atoms with van der Waals surface area (Å²) in [6, 6.07) is 36.4. The topological polar surface area (TPSA) is 14.2 Å². The molecule has 0 atom stereocenters. The number of ether oxygens (including phenoxy) is 1. The van der Waals surface area contributed by atoms with E-state index in [4.69, 9.17) is 4.74 Å². The van der Waals surface area contributed by atoms with Crippen molar-refractivity contribution in [2.45, 2.75) is 0 Å². The van der Waals surface area contributed by atoms with Crippen LogP contribution in [0.4, 0.5) is 0 Å². The van der Waals surface area contributed by atoms with Gasteiger partial charge in [-0.15, -0.1) is 0 Å². The summed E-state index contributed by atoms with van der Waals surface area (Å²) >= 11 is 0. The molecule has 30 heavy (non-hydrogen) atoms. The van der Waals surface area contributed by atoms with Gasteiger partial charge in [0, 0.05) is 27.4 Å². The predicted molar refractivity (Wildman–Crippen MR) is 124 cm³/mol. The highest BCUT2D eigenvalue weighted by molar-refractivity contribution is 6.15. The number of nitrogens with zero attached hydrogens (tertiary/aromatic N) is 1. The summed E-state index contributed by atoms with van der Waals surface area (Å²) in [5.41, 5.74) is 5.82. The Balaban J connectivity index is 1.69. The Morgan fingerprint density at radius 2 is 1.37 bits per heavy atom. The van der Waals surface area contributed by atoms with E-state index in [1.54, 1.807) is 0 Å². The molecule has 0 spiro atoms. The van der Waals surface area contributed by atoms with Gasteiger partial charge >= 0.3 is 0 Å². The molecule has 0 radical (unpaired) electrons. The van der Waals surface area contributed by atoms with Gasteiger partial charge < -0.3 is 9.30 Å². The Hall–Kier alpha value is -4.04. The van der Waals surface area contributed by atoms with E-state index in [9.17, 15) is 0 Å². The number of hydrogen-bond acceptors (Lipinski definition) is 1. The molecule has 0 saturated carbocycles. The SMILES string of the molecule is c1ccc(-n2c3ccccc3c3ccc4c(c32)Oc2cccc3cccc-4c23)cc1. The van der Waals surface area contributed by atoms with Gasteiger partial charge in [0.15, 0.2) is 5.75 Å². The van der Waals surface area contributed by atoms with Crippen LogP contribution in [-0.4, -0.2) is 4.57 Å². The van der Waals surface area contributed by atoms with Crippen molar-refractivity contribution in [3.05, 3.63) is 103 Å². The highest BCUT2D eigenvalue weighted by atomic mass is 16.5. The van der Waals surface area contributed by atoms with E-state index in [0.29, 0.717) is 0 Å². The van der Waals surface area contributed by atoms with Crippen LogP contribution in [0.1, 0.15) is 0 Å². The molecular weight excluding hydrogens is 366 g/mol. The molecule has 1 aliphatic heterocycles. The fourth-order valence-corrected chi connectivity index (χ4v) is 4.91. The maximum Gasteiger partial charge on any atom is 0.159 e. The van der Waals surface area contributed by atoms with Crippen molar-refractivity contribution in [1.82, 2.24) is 4.57 Å². The number of para-hydroxylation sites is 2. The summed E-state index contributed by atoms with van der Waals surface area (Å²) in [5, 5.41) is 4.84. The molecule has 6 aromatic rings. The van der Waals surface area contributed by atoms with Crippen LogP contribution in [0.25, 0.3) is 49.4 Å². The summed E-state index contributed by atoms with van der Waals surface area (Å²) in [4.78, 5) is 0. The third-order valence-corrected chi connectivity index (χ3v) is 6.17. The van der Waals surface area contributed by atoms with E-state index in [2.05, 4.69) is 108 Å². The highest BCUT2D eigenvalue weighted by Crippen LogP contribution is 2.51. The van der Waals surface area contributed by atoms with Gasteiger partial charge in [-0.25, -0.2) is 0 Å². The first kappa shape index (κ1) is 15.8. The van der Waals surface area contributed by atoms with Crippen molar-refractivity contribution in [2.24, 2.45) is 0 Å². The lowest BCUT2D eigenvalue weighted by Gasteiger charge is -2.23. The summed E-state index contributed by atoms with van der Waals surface area (Å²) in [6.07, 6.45) is 0. The van der Waals surface area contributed by atoms with Crippen molar-refractivity contribution in [2.75, 3.05) is 0 Å². The molecule has 0 fully saturated rings. The summed E-state index contributed by atoms with van der Waals surface area (Å²) in [7, 11) is 0. The van der Waals surface area contributed by atoms with Gasteiger partial charge in [-0.2, -0.15) is 0 Å². The lowest BCUT2D eigenvalue weighted by atomic mass is 9.94. The first-order valence-corrected chi connectivity index (χ1v) is 10.2. The second kappa shape index (κ2) is 5.74. The van der Waals surface area contributed by atoms with Crippen LogP contribution in [0.5, 0.6) is 11.5 Å². The van der Waals surface area contributed by atoms with Gasteiger partial charge in [0.2, 0.25) is 0 Å². The minimum Gasteiger partial charge on any atom is -0.454 e. The van der Waals surface area contributed by atoms with Gasteiger partial charge in [0.1, 0.15) is 5.75 Å². The van der Waals surface area contributed by atoms with Gasteiger partial charge in [-0.1, -0.05) is 72.8 Å². The van der Waals surface area contributed by atoms with Crippen LogP contribution in [0.3, 0.4) is 0 Å². The summed E-state index contributed by atoms with van der Waals surface area (Å²) < 4.78 is 8.96. The van der Waals surface area contributed by atoms with Crippen LogP contribution >= 0.6 is 0 Å². The largest absolute Gasteiger partial charge is 0.454 e. The predicted octanol–water partition coefficient (Wildman–Crippen LogP) is 7.71. The van der Waals surface area contributed by atoms with Crippen LogP contribution < -0.4 is 4.74 Å². The second-order valence-electron chi connectivity index (χ2n) is 7.79. The molecule has 1 aliphatic rings. The number of rotatable bonds is 1. The third-order valence-electron chi connectivity index (χ3n) is 6.17. The van der Waals surface area contributed by atoms with E-state index in [1.165, 1.54) is 32.6 Å². The van der Waals surface area contributed by atoms with E-state index in [0.717, 1.165) is 28.3 Å². The normalized spacial score (nSPS) is 12.3. The van der Waals surface area contributed by atoms with Gasteiger partial charge in [-0.3, -0.25) is 0 Å². The molecule has 0 unspecified atom stereocenters. The molecule has 2 nitrogen and oxygen atoms in total. The Kier molecular flexibility index (Phi) is 3.03. The van der Waals surface area contributed by atoms with Crippen molar-refractivity contribution >= 4 is 32.6 Å². The summed E-state index contributed by atoms with van der Waals surface area (Å²) in [5.74, 6) is 1.85. The molecule has 2 heteroatoms. The fraction of sp³-hybridized carbons (Fsp3) is 0. The standard InChI is InChI=1S/C28H17NO/c1-2-10-19(11-3-1)29-24-14-5-4-12-20(24)22-16-17-23-21-13-6-8-18-9-7-15-25(26(18)21)30-28(23)27(22)29/h1-17H. The Morgan fingerprint density at radius 1 is 0.567 bits per heavy atom. The smallest absolute Gasteiger partial charge is 0.159 e. The Bertz CT molecular complexity index is 1600. The summed E-state index contributed by atoms with van der Waals surface area (Å²) in [6.45, 7) is 0. The Labute approximate surface area is 173 Å². The molecule has 2 heterocycles. The zero-order chi connectivity index (χ0) is 19.7. The molecule has 140 valence electrons. The van der Waals surface area contributed by atoms with Crippen LogP contribution in [0.2, 0.25) is 0 Å². The van der Waals surface area contributed by atoms with Crippen molar-refractivity contribution < 1.29 is 4.74 Å². The van der Waals surface area contributed by atoms with Crippen molar-refractivity contribution in [3.63, 3.8) is 0 Å². The molecule has 1 aromatic heterocycles. The second-order valence-corrected chi connectivity index (χ2v) is 7.79. The van der Waals surface area contributed by atoms with Crippen LogP contribution in [0.15, 0.2) is 103 Å². The number of fused-ring (bicyclic) bond motifs is 6. The average Bonchev–Trinajstić information content (AvgIpc) is 3.15. The Morgan fingerprint density at radius 3 is 2.27 bits per heavy atom. The number of benzene rings is 5. The average molecular weight is 383 g/mol. The first-order chi connectivity index (χ1) is 14.9. The molecule has 5 aromatic carbocycles. The fourth-order valence-electron chi connectivity index (χ4n) is 4.91. The van der Waals surface area contributed by atoms with E-state index < -0.39 is 0 Å². The lowest BCUT2D eigenvalue weighted by molar-refractivity contribution is 0.491. The molecule has 7 rings (SSSR count). The molecule has 0 bridgehead atoms. The first-order valence-electron chi connectivity index (χ1n) is 10.2. The molecule has 0 saturated heterocycles. The number of aromatic nitrogens is 1. The minimum absolute atomic E-state index is 0.924. The van der Waals surface area contributed by atoms with Crippen molar-refractivity contribution in [3.8, 4) is 28.3 Å². The molecular formula is C28H17NO. The van der Waals surface area contributed by atoms with Crippen LogP contribution in [-0.2, 0) is 0 Å². The highest BCUT2D eigenvalue weighted by Gasteiger charge is 2.25. The lowest BCUT2D eigenvalue weighted by Crippen LogP contribution is -2.01. The van der Waals surface area contributed by atoms with Gasteiger partial charge in [-0.05, 0) is 41.3 Å². The minimum atomic E-state index is 0.924. The monoisotopic (exact) mass is 383 g/mol. The molecule has 0 amide bonds. The molecule has 0 N–H and O–H groups in total. The quantitative estimate of drug-likeness (QED) is 0.283. The number of hydrogen-bond donors (Lipinski definition) is 0. The van der Waals surface area contributed by atoms with Gasteiger partial charge in [0.25, 0.3) is 0 Å². The maximum atomic E-state index is 6.63.